The minimum atomic E-state index is 0.397. The zero-order chi connectivity index (χ0) is 14.8. The first-order chi connectivity index (χ1) is 9.43. The van der Waals surface area contributed by atoms with Crippen LogP contribution < -0.4 is 0 Å². The quantitative estimate of drug-likeness (QED) is 0.703. The van der Waals surface area contributed by atoms with Gasteiger partial charge < -0.3 is 4.90 Å². The average Bonchev–Trinajstić information content (AvgIpc) is 2.33. The van der Waals surface area contributed by atoms with Gasteiger partial charge in [-0.15, -0.1) is 0 Å². The second-order valence-electron chi connectivity index (χ2n) is 7.09. The summed E-state index contributed by atoms with van der Waals surface area (Å²) in [6.45, 7) is 4.65. The molecule has 0 amide bonds. The largest absolute Gasteiger partial charge is 0.306 e. The molecule has 0 aromatic heterocycles. The normalized spacial score (nSPS) is 19.1. The van der Waals surface area contributed by atoms with Crippen molar-refractivity contribution < 1.29 is 0 Å². The van der Waals surface area contributed by atoms with E-state index in [9.17, 15) is 0 Å². The van der Waals surface area contributed by atoms with Crippen LogP contribution >= 0.6 is 11.6 Å². The van der Waals surface area contributed by atoms with Gasteiger partial charge in [0.2, 0.25) is 0 Å². The third-order valence-corrected chi connectivity index (χ3v) is 5.12. The van der Waals surface area contributed by atoms with Gasteiger partial charge in [-0.05, 0) is 68.8 Å². The highest BCUT2D eigenvalue weighted by atomic mass is 35.5. The lowest BCUT2D eigenvalue weighted by molar-refractivity contribution is 0.140. The summed E-state index contributed by atoms with van der Waals surface area (Å²) >= 11 is 6.04. The van der Waals surface area contributed by atoms with E-state index in [2.05, 4.69) is 45.0 Å². The molecule has 0 saturated heterocycles. The van der Waals surface area contributed by atoms with Crippen LogP contribution in [0.2, 0.25) is 5.02 Å². The Kier molecular flexibility index (Phi) is 5.14. The predicted molar refractivity (Wildman–Crippen MR) is 88.5 cm³/mol. The van der Waals surface area contributed by atoms with Crippen LogP contribution in [0.3, 0.4) is 0 Å². The second-order valence-corrected chi connectivity index (χ2v) is 7.53. The van der Waals surface area contributed by atoms with Gasteiger partial charge in [-0.1, -0.05) is 44.0 Å². The van der Waals surface area contributed by atoms with Crippen LogP contribution in [0.15, 0.2) is 24.3 Å². The van der Waals surface area contributed by atoms with Gasteiger partial charge in [0.1, 0.15) is 0 Å². The molecule has 0 aliphatic heterocycles. The molecule has 1 aliphatic rings. The van der Waals surface area contributed by atoms with Crippen LogP contribution in [0.5, 0.6) is 0 Å². The molecule has 0 bridgehead atoms. The Labute approximate surface area is 129 Å². The summed E-state index contributed by atoms with van der Waals surface area (Å²) in [7, 11) is 4.45. The SMILES string of the molecule is CC(C)CC(CC1(c2ccc(Cl)cc2)CCC1)N(C)C. The molecule has 1 atom stereocenters. The summed E-state index contributed by atoms with van der Waals surface area (Å²) in [6.07, 6.45) is 6.58. The maximum Gasteiger partial charge on any atom is 0.0406 e. The highest BCUT2D eigenvalue weighted by Gasteiger charge is 2.40. The van der Waals surface area contributed by atoms with Crippen molar-refractivity contribution in [3.8, 4) is 0 Å². The molecule has 112 valence electrons. The summed E-state index contributed by atoms with van der Waals surface area (Å²) in [5.41, 5.74) is 1.89. The van der Waals surface area contributed by atoms with Crippen molar-refractivity contribution >= 4 is 11.6 Å². The minimum absolute atomic E-state index is 0.397. The molecule has 0 radical (unpaired) electrons. The lowest BCUT2D eigenvalue weighted by atomic mass is 9.61. The van der Waals surface area contributed by atoms with Crippen molar-refractivity contribution in [1.29, 1.82) is 0 Å². The third kappa shape index (κ3) is 3.56. The Morgan fingerprint density at radius 1 is 1.15 bits per heavy atom. The van der Waals surface area contributed by atoms with Gasteiger partial charge in [0.05, 0.1) is 0 Å². The zero-order valence-electron chi connectivity index (χ0n) is 13.3. The van der Waals surface area contributed by atoms with Crippen LogP contribution in [0.1, 0.15) is 51.5 Å². The van der Waals surface area contributed by atoms with Gasteiger partial charge in [-0.3, -0.25) is 0 Å². The third-order valence-electron chi connectivity index (χ3n) is 4.87. The zero-order valence-corrected chi connectivity index (χ0v) is 14.1. The van der Waals surface area contributed by atoms with E-state index in [1.54, 1.807) is 0 Å². The molecule has 1 unspecified atom stereocenters. The van der Waals surface area contributed by atoms with E-state index in [1.165, 1.54) is 37.7 Å². The van der Waals surface area contributed by atoms with Gasteiger partial charge >= 0.3 is 0 Å². The number of hydrogen-bond acceptors (Lipinski definition) is 1. The first-order valence-corrected chi connectivity index (χ1v) is 8.23. The second kappa shape index (κ2) is 6.49. The lowest BCUT2D eigenvalue weighted by Crippen LogP contribution is -2.42. The van der Waals surface area contributed by atoms with E-state index in [1.807, 2.05) is 12.1 Å². The van der Waals surface area contributed by atoms with E-state index in [4.69, 9.17) is 11.6 Å². The number of rotatable bonds is 6. The van der Waals surface area contributed by atoms with E-state index in [-0.39, 0.29) is 0 Å². The molecule has 1 aromatic carbocycles. The van der Waals surface area contributed by atoms with Crippen LogP contribution in [0.4, 0.5) is 0 Å². The summed E-state index contributed by atoms with van der Waals surface area (Å²) < 4.78 is 0. The average molecular weight is 294 g/mol. The Morgan fingerprint density at radius 3 is 2.15 bits per heavy atom. The summed E-state index contributed by atoms with van der Waals surface area (Å²) in [5, 5.41) is 0.842. The van der Waals surface area contributed by atoms with Crippen molar-refractivity contribution in [2.24, 2.45) is 5.92 Å². The summed E-state index contributed by atoms with van der Waals surface area (Å²) in [4.78, 5) is 2.41. The molecule has 1 saturated carbocycles. The van der Waals surface area contributed by atoms with Crippen molar-refractivity contribution in [2.45, 2.75) is 57.4 Å². The molecule has 0 N–H and O–H groups in total. The van der Waals surface area contributed by atoms with Crippen molar-refractivity contribution in [3.05, 3.63) is 34.9 Å². The Bertz CT molecular complexity index is 418. The fourth-order valence-electron chi connectivity index (χ4n) is 3.49. The summed E-state index contributed by atoms with van der Waals surface area (Å²) in [5.74, 6) is 0.754. The maximum absolute atomic E-state index is 6.04. The molecular formula is C18H28ClN. The van der Waals surface area contributed by atoms with Gasteiger partial charge in [0.15, 0.2) is 0 Å². The van der Waals surface area contributed by atoms with E-state index >= 15 is 0 Å². The van der Waals surface area contributed by atoms with Gasteiger partial charge in [-0.25, -0.2) is 0 Å². The topological polar surface area (TPSA) is 3.24 Å². The first-order valence-electron chi connectivity index (χ1n) is 7.85. The maximum atomic E-state index is 6.04. The summed E-state index contributed by atoms with van der Waals surface area (Å²) in [6, 6.07) is 9.24. The minimum Gasteiger partial charge on any atom is -0.306 e. The fraction of sp³-hybridized carbons (Fsp3) is 0.667. The number of nitrogens with zero attached hydrogens (tertiary/aromatic N) is 1. The van der Waals surface area contributed by atoms with Crippen molar-refractivity contribution in [1.82, 2.24) is 4.90 Å². The predicted octanol–water partition coefficient (Wildman–Crippen LogP) is 5.13. The Balaban J connectivity index is 2.16. The standard InChI is InChI=1S/C18H28ClN/c1-14(2)12-17(20(3)4)13-18(10-5-11-18)15-6-8-16(19)9-7-15/h6-9,14,17H,5,10-13H2,1-4H3. The Morgan fingerprint density at radius 2 is 1.75 bits per heavy atom. The molecule has 1 aliphatic carbocycles. The van der Waals surface area contributed by atoms with Gasteiger partial charge in [0.25, 0.3) is 0 Å². The molecule has 0 heterocycles. The van der Waals surface area contributed by atoms with Gasteiger partial charge in [-0.2, -0.15) is 0 Å². The van der Waals surface area contributed by atoms with E-state index < -0.39 is 0 Å². The van der Waals surface area contributed by atoms with Crippen LogP contribution in [0, 0.1) is 5.92 Å². The van der Waals surface area contributed by atoms with Crippen molar-refractivity contribution in [2.75, 3.05) is 14.1 Å². The van der Waals surface area contributed by atoms with Crippen LogP contribution in [-0.4, -0.2) is 25.0 Å². The first kappa shape index (κ1) is 15.9. The highest BCUT2D eigenvalue weighted by Crippen LogP contribution is 2.48. The van der Waals surface area contributed by atoms with E-state index in [0.29, 0.717) is 11.5 Å². The Hall–Kier alpha value is -0.530. The molecule has 1 aromatic rings. The lowest BCUT2D eigenvalue weighted by Gasteiger charge is -2.46. The molecule has 2 heteroatoms. The smallest absolute Gasteiger partial charge is 0.0406 e. The fourth-order valence-corrected chi connectivity index (χ4v) is 3.62. The van der Waals surface area contributed by atoms with Crippen LogP contribution in [-0.2, 0) is 5.41 Å². The molecular weight excluding hydrogens is 266 g/mol. The van der Waals surface area contributed by atoms with Crippen molar-refractivity contribution in [3.63, 3.8) is 0 Å². The number of halogens is 1. The van der Waals surface area contributed by atoms with Gasteiger partial charge in [0, 0.05) is 11.1 Å². The molecule has 20 heavy (non-hydrogen) atoms. The highest BCUT2D eigenvalue weighted by molar-refractivity contribution is 6.30. The number of benzene rings is 1. The van der Waals surface area contributed by atoms with E-state index in [0.717, 1.165) is 10.9 Å². The molecule has 0 spiro atoms. The van der Waals surface area contributed by atoms with Crippen LogP contribution in [0.25, 0.3) is 0 Å². The molecule has 1 fully saturated rings. The number of hydrogen-bond donors (Lipinski definition) is 0. The molecule has 2 rings (SSSR count). The molecule has 1 nitrogen and oxygen atoms in total. The monoisotopic (exact) mass is 293 g/mol.